The van der Waals surface area contributed by atoms with Crippen molar-refractivity contribution in [3.63, 3.8) is 0 Å². The fourth-order valence-corrected chi connectivity index (χ4v) is 4.40. The minimum absolute atomic E-state index is 0.103. The van der Waals surface area contributed by atoms with Crippen molar-refractivity contribution in [3.8, 4) is 0 Å². The van der Waals surface area contributed by atoms with E-state index in [0.29, 0.717) is 12.6 Å². The Balaban J connectivity index is 2.06. The van der Waals surface area contributed by atoms with Gasteiger partial charge < -0.3 is 32.0 Å². The molecule has 1 saturated heterocycles. The van der Waals surface area contributed by atoms with Gasteiger partial charge in [-0.2, -0.15) is 0 Å². The van der Waals surface area contributed by atoms with Gasteiger partial charge in [0.1, 0.15) is 6.23 Å². The molecule has 0 aromatic heterocycles. The largest absolute Gasteiger partial charge is 0.398 e. The number of aliphatic imine (C=N–C) groups is 1. The fraction of sp³-hybridized carbons (Fsp3) is 0.708. The summed E-state index contributed by atoms with van der Waals surface area (Å²) in [4.78, 5) is 7.18. The molecule has 1 aliphatic heterocycles. The van der Waals surface area contributed by atoms with Crippen LogP contribution in [0.4, 0.5) is 5.69 Å². The van der Waals surface area contributed by atoms with E-state index in [0.717, 1.165) is 49.4 Å². The van der Waals surface area contributed by atoms with E-state index in [-0.39, 0.29) is 31.0 Å². The molecule has 1 aromatic carbocycles. The van der Waals surface area contributed by atoms with Crippen LogP contribution in [-0.2, 0) is 15.9 Å². The molecule has 0 bridgehead atoms. The summed E-state index contributed by atoms with van der Waals surface area (Å²) in [7, 11) is 1.61. The predicted octanol–water partition coefficient (Wildman–Crippen LogP) is 1.68. The number of nitrogen functional groups attached to an aromatic ring is 1. The van der Waals surface area contributed by atoms with Crippen LogP contribution in [0.1, 0.15) is 51.2 Å². The van der Waals surface area contributed by atoms with E-state index in [1.165, 1.54) is 5.56 Å². The molecular weight excluding hydrogens is 404 g/mol. The van der Waals surface area contributed by atoms with Gasteiger partial charge in [-0.1, -0.05) is 19.1 Å². The molecule has 0 spiro atoms. The van der Waals surface area contributed by atoms with E-state index >= 15 is 0 Å². The summed E-state index contributed by atoms with van der Waals surface area (Å²) in [5.41, 5.74) is 22.2. The number of benzene rings is 1. The molecule has 1 aliphatic rings. The van der Waals surface area contributed by atoms with E-state index in [2.05, 4.69) is 55.0 Å². The molecule has 2 rings (SSSR count). The van der Waals surface area contributed by atoms with Crippen LogP contribution < -0.4 is 22.5 Å². The number of methoxy groups -OCH3 is 1. The van der Waals surface area contributed by atoms with Gasteiger partial charge in [0.25, 0.3) is 0 Å². The topological polar surface area (TPSA) is 124 Å². The zero-order valence-electron chi connectivity index (χ0n) is 20.5. The van der Waals surface area contributed by atoms with Gasteiger partial charge in [-0.3, -0.25) is 9.89 Å². The van der Waals surface area contributed by atoms with Gasteiger partial charge in [0.05, 0.1) is 18.9 Å². The first kappa shape index (κ1) is 26.7. The Labute approximate surface area is 193 Å². The molecule has 5 atom stereocenters. The lowest BCUT2D eigenvalue weighted by molar-refractivity contribution is -0.0776. The first-order chi connectivity index (χ1) is 15.2. The first-order valence-corrected chi connectivity index (χ1v) is 11.7. The van der Waals surface area contributed by atoms with Crippen molar-refractivity contribution in [1.29, 1.82) is 0 Å². The normalized spacial score (nSPS) is 23.2. The second-order valence-corrected chi connectivity index (χ2v) is 9.01. The number of rotatable bonds is 12. The van der Waals surface area contributed by atoms with Crippen molar-refractivity contribution in [2.24, 2.45) is 16.5 Å². The van der Waals surface area contributed by atoms with E-state index in [1.54, 1.807) is 7.11 Å². The second kappa shape index (κ2) is 13.2. The standard InChI is InChI=1S/C24H44N6O2/c1-16(30-13-17(2)32-18(3)14-30)10-23(29-15-25)19(4)21-11-20(6-7-22(21)26)8-9-28-12-24(27)31-5/h6-7,11,16-19,24,28H,8-10,12-15,25-27H2,1-5H3. The molecule has 8 nitrogen and oxygen atoms in total. The maximum absolute atomic E-state index is 6.39. The minimum Gasteiger partial charge on any atom is -0.398 e. The number of ether oxygens (including phenoxy) is 2. The molecule has 0 saturated carbocycles. The van der Waals surface area contributed by atoms with Gasteiger partial charge in [0.2, 0.25) is 0 Å². The van der Waals surface area contributed by atoms with E-state index in [4.69, 9.17) is 26.7 Å². The average Bonchev–Trinajstić information content (AvgIpc) is 2.76. The monoisotopic (exact) mass is 448 g/mol. The zero-order chi connectivity index (χ0) is 23.7. The molecule has 8 heteroatoms. The SMILES string of the molecule is COC(N)CNCCc1ccc(N)c(C(C)C(CC(C)N2CC(C)OC(C)C2)=NCN)c1. The Bertz CT molecular complexity index is 718. The highest BCUT2D eigenvalue weighted by molar-refractivity contribution is 5.92. The van der Waals surface area contributed by atoms with E-state index in [1.807, 2.05) is 6.07 Å². The smallest absolute Gasteiger partial charge is 0.117 e. The maximum atomic E-state index is 6.39. The van der Waals surface area contributed by atoms with Crippen LogP contribution in [0.25, 0.3) is 0 Å². The molecule has 1 aromatic rings. The van der Waals surface area contributed by atoms with Crippen LogP contribution >= 0.6 is 0 Å². The average molecular weight is 449 g/mol. The highest BCUT2D eigenvalue weighted by atomic mass is 16.5. The van der Waals surface area contributed by atoms with Gasteiger partial charge in [-0.25, -0.2) is 0 Å². The molecule has 182 valence electrons. The third kappa shape index (κ3) is 8.10. The number of morpholine rings is 1. The number of anilines is 1. The summed E-state index contributed by atoms with van der Waals surface area (Å²) >= 11 is 0. The van der Waals surface area contributed by atoms with Crippen LogP contribution in [0.3, 0.4) is 0 Å². The highest BCUT2D eigenvalue weighted by Crippen LogP contribution is 2.28. The quantitative estimate of drug-likeness (QED) is 0.166. The van der Waals surface area contributed by atoms with Crippen LogP contribution in [0.5, 0.6) is 0 Å². The number of hydrogen-bond acceptors (Lipinski definition) is 8. The Morgan fingerprint density at radius 2 is 1.97 bits per heavy atom. The summed E-state index contributed by atoms with van der Waals surface area (Å²) in [5, 5.41) is 3.32. The lowest BCUT2D eigenvalue weighted by atomic mass is 9.89. The number of hydrogen-bond donors (Lipinski definition) is 4. The molecule has 7 N–H and O–H groups in total. The molecule has 5 unspecified atom stereocenters. The molecule has 0 aliphatic carbocycles. The molecule has 0 amide bonds. The fourth-order valence-electron chi connectivity index (χ4n) is 4.40. The highest BCUT2D eigenvalue weighted by Gasteiger charge is 2.28. The lowest BCUT2D eigenvalue weighted by Gasteiger charge is -2.39. The Morgan fingerprint density at radius 3 is 2.59 bits per heavy atom. The Morgan fingerprint density at radius 1 is 1.28 bits per heavy atom. The zero-order valence-corrected chi connectivity index (χ0v) is 20.5. The van der Waals surface area contributed by atoms with Crippen molar-refractivity contribution < 1.29 is 9.47 Å². The molecular formula is C24H44N6O2. The Kier molecular flexibility index (Phi) is 11.0. The van der Waals surface area contributed by atoms with E-state index in [9.17, 15) is 0 Å². The van der Waals surface area contributed by atoms with Crippen molar-refractivity contribution >= 4 is 11.4 Å². The third-order valence-corrected chi connectivity index (χ3v) is 6.23. The van der Waals surface area contributed by atoms with Crippen LogP contribution in [0.2, 0.25) is 0 Å². The van der Waals surface area contributed by atoms with Gasteiger partial charge >= 0.3 is 0 Å². The van der Waals surface area contributed by atoms with Crippen LogP contribution in [-0.4, -0.2) is 75.0 Å². The third-order valence-electron chi connectivity index (χ3n) is 6.23. The summed E-state index contributed by atoms with van der Waals surface area (Å²) in [6.07, 6.45) is 1.95. The van der Waals surface area contributed by atoms with Crippen LogP contribution in [0.15, 0.2) is 23.2 Å². The minimum atomic E-state index is -0.286. The summed E-state index contributed by atoms with van der Waals surface area (Å²) in [5.74, 6) is 0.103. The van der Waals surface area contributed by atoms with Crippen molar-refractivity contribution in [2.75, 3.05) is 45.7 Å². The van der Waals surface area contributed by atoms with E-state index < -0.39 is 0 Å². The van der Waals surface area contributed by atoms with Crippen molar-refractivity contribution in [2.45, 2.75) is 70.9 Å². The predicted molar refractivity (Wildman–Crippen MR) is 133 cm³/mol. The summed E-state index contributed by atoms with van der Waals surface area (Å²) in [6, 6.07) is 6.64. The van der Waals surface area contributed by atoms with Crippen LogP contribution in [0, 0.1) is 0 Å². The van der Waals surface area contributed by atoms with Crippen molar-refractivity contribution in [3.05, 3.63) is 29.3 Å². The summed E-state index contributed by atoms with van der Waals surface area (Å²) in [6.45, 7) is 12.3. The first-order valence-electron chi connectivity index (χ1n) is 11.7. The number of nitrogens with one attached hydrogen (secondary N) is 1. The van der Waals surface area contributed by atoms with Crippen molar-refractivity contribution in [1.82, 2.24) is 10.2 Å². The maximum Gasteiger partial charge on any atom is 0.117 e. The lowest BCUT2D eigenvalue weighted by Crippen LogP contribution is -2.49. The Hall–Kier alpha value is -1.55. The molecule has 1 heterocycles. The molecule has 32 heavy (non-hydrogen) atoms. The second-order valence-electron chi connectivity index (χ2n) is 9.01. The number of nitrogens with two attached hydrogens (primary N) is 3. The van der Waals surface area contributed by atoms with Gasteiger partial charge in [0, 0.05) is 56.5 Å². The van der Waals surface area contributed by atoms with Gasteiger partial charge in [0.15, 0.2) is 0 Å². The van der Waals surface area contributed by atoms with Gasteiger partial charge in [-0.15, -0.1) is 0 Å². The molecule has 0 radical (unpaired) electrons. The van der Waals surface area contributed by atoms with Gasteiger partial charge in [-0.05, 0) is 50.9 Å². The molecule has 1 fully saturated rings. The summed E-state index contributed by atoms with van der Waals surface area (Å²) < 4.78 is 11.0. The number of nitrogens with zero attached hydrogens (tertiary/aromatic N) is 2.